The molecule has 5 rings (SSSR count). The van der Waals surface area contributed by atoms with Crippen molar-refractivity contribution in [3.63, 3.8) is 0 Å². The normalized spacial score (nSPS) is 16.1. The van der Waals surface area contributed by atoms with Crippen LogP contribution in [0, 0.1) is 27.7 Å². The van der Waals surface area contributed by atoms with Crippen molar-refractivity contribution in [3.8, 4) is 11.1 Å². The van der Waals surface area contributed by atoms with Gasteiger partial charge < -0.3 is 9.31 Å². The van der Waals surface area contributed by atoms with Crippen LogP contribution in [0.2, 0.25) is 0 Å². The second-order valence-corrected chi connectivity index (χ2v) is 11.9. The van der Waals surface area contributed by atoms with E-state index in [4.69, 9.17) is 9.31 Å². The topological polar surface area (TPSA) is 18.5 Å². The summed E-state index contributed by atoms with van der Waals surface area (Å²) in [6.45, 7) is 17.5. The highest BCUT2D eigenvalue weighted by Crippen LogP contribution is 2.36. The van der Waals surface area contributed by atoms with Crippen LogP contribution in [0.4, 0.5) is 0 Å². The van der Waals surface area contributed by atoms with Gasteiger partial charge in [0.2, 0.25) is 6.71 Å². The Kier molecular flexibility index (Phi) is 6.92. The first kappa shape index (κ1) is 26.5. The SMILES string of the molecule is Cc1cccc(C)c1B(c1ccc(-c2ccc(B3OC(C)(C)C(C)(C)O3)cc2)cc1)c1c(C)cccc1C. The first-order valence-corrected chi connectivity index (χ1v) is 13.7. The highest BCUT2D eigenvalue weighted by Gasteiger charge is 2.51. The lowest BCUT2D eigenvalue weighted by atomic mass is 9.34. The maximum Gasteiger partial charge on any atom is 0.494 e. The van der Waals surface area contributed by atoms with Gasteiger partial charge in [-0.25, -0.2) is 0 Å². The molecule has 1 aliphatic heterocycles. The lowest BCUT2D eigenvalue weighted by Crippen LogP contribution is -2.55. The zero-order chi connectivity index (χ0) is 27.2. The fraction of sp³-hybridized carbons (Fsp3) is 0.294. The molecule has 0 spiro atoms. The summed E-state index contributed by atoms with van der Waals surface area (Å²) in [6, 6.07) is 31.0. The van der Waals surface area contributed by atoms with Crippen LogP contribution in [-0.4, -0.2) is 25.0 Å². The molecule has 0 bridgehead atoms. The third-order valence-corrected chi connectivity index (χ3v) is 8.68. The Labute approximate surface area is 229 Å². The second-order valence-electron chi connectivity index (χ2n) is 11.9. The second kappa shape index (κ2) is 9.91. The Balaban J connectivity index is 1.48. The summed E-state index contributed by atoms with van der Waals surface area (Å²) in [5.41, 5.74) is 12.2. The van der Waals surface area contributed by atoms with Gasteiger partial charge in [-0.15, -0.1) is 0 Å². The zero-order valence-electron chi connectivity index (χ0n) is 24.1. The van der Waals surface area contributed by atoms with E-state index in [9.17, 15) is 0 Å². The van der Waals surface area contributed by atoms with Crippen molar-refractivity contribution < 1.29 is 9.31 Å². The molecule has 0 radical (unpaired) electrons. The molecule has 1 saturated heterocycles. The van der Waals surface area contributed by atoms with Crippen LogP contribution in [0.15, 0.2) is 84.9 Å². The molecule has 0 saturated carbocycles. The van der Waals surface area contributed by atoms with Gasteiger partial charge in [0.25, 0.3) is 0 Å². The van der Waals surface area contributed by atoms with Crippen molar-refractivity contribution in [2.75, 3.05) is 0 Å². The molecule has 0 amide bonds. The number of aryl methyl sites for hydroxylation is 4. The van der Waals surface area contributed by atoms with Crippen molar-refractivity contribution >= 4 is 35.7 Å². The third kappa shape index (κ3) is 4.77. The fourth-order valence-corrected chi connectivity index (χ4v) is 5.72. The minimum absolute atomic E-state index is 0.192. The predicted molar refractivity (Wildman–Crippen MR) is 164 cm³/mol. The van der Waals surface area contributed by atoms with Crippen molar-refractivity contribution in [1.29, 1.82) is 0 Å². The Morgan fingerprint density at radius 3 is 1.29 bits per heavy atom. The Morgan fingerprint density at radius 1 is 0.526 bits per heavy atom. The predicted octanol–water partition coefficient (Wildman–Crippen LogP) is 5.40. The van der Waals surface area contributed by atoms with Gasteiger partial charge >= 0.3 is 7.12 Å². The van der Waals surface area contributed by atoms with E-state index in [0.29, 0.717) is 0 Å². The lowest BCUT2D eigenvalue weighted by Gasteiger charge is -2.32. The van der Waals surface area contributed by atoms with E-state index >= 15 is 0 Å². The average Bonchev–Trinajstić information content (AvgIpc) is 3.09. The highest BCUT2D eigenvalue weighted by molar-refractivity contribution is 6.96. The molecule has 2 nitrogen and oxygen atoms in total. The number of benzene rings is 4. The van der Waals surface area contributed by atoms with Crippen molar-refractivity contribution in [1.82, 2.24) is 0 Å². The molecule has 0 atom stereocenters. The summed E-state index contributed by atoms with van der Waals surface area (Å²) < 4.78 is 12.5. The molecule has 4 aromatic rings. The smallest absolute Gasteiger partial charge is 0.399 e. The molecule has 4 heteroatoms. The number of rotatable bonds is 5. The van der Waals surface area contributed by atoms with Gasteiger partial charge in [-0.1, -0.05) is 124 Å². The molecule has 4 aromatic carbocycles. The van der Waals surface area contributed by atoms with Gasteiger partial charge in [0, 0.05) is 0 Å². The van der Waals surface area contributed by atoms with Gasteiger partial charge in [0.15, 0.2) is 0 Å². The number of hydrogen-bond acceptors (Lipinski definition) is 2. The third-order valence-electron chi connectivity index (χ3n) is 8.68. The molecular weight excluding hydrogens is 462 g/mol. The van der Waals surface area contributed by atoms with Gasteiger partial charge in [-0.3, -0.25) is 0 Å². The summed E-state index contributed by atoms with van der Waals surface area (Å²) in [7, 11) is -0.341. The van der Waals surface area contributed by atoms with Crippen LogP contribution in [0.5, 0.6) is 0 Å². The largest absolute Gasteiger partial charge is 0.494 e. The van der Waals surface area contributed by atoms with E-state index in [1.54, 1.807) is 0 Å². The minimum Gasteiger partial charge on any atom is -0.399 e. The summed E-state index contributed by atoms with van der Waals surface area (Å²) in [6.07, 6.45) is 0. The first-order chi connectivity index (χ1) is 18.0. The molecule has 0 N–H and O–H groups in total. The van der Waals surface area contributed by atoms with Gasteiger partial charge in [0.05, 0.1) is 11.2 Å². The number of hydrogen-bond donors (Lipinski definition) is 0. The molecule has 0 unspecified atom stereocenters. The molecule has 1 heterocycles. The van der Waals surface area contributed by atoms with E-state index in [1.165, 1.54) is 49.8 Å². The molecule has 0 aromatic heterocycles. The summed E-state index contributed by atoms with van der Waals surface area (Å²) >= 11 is 0. The quantitative estimate of drug-likeness (QED) is 0.342. The highest BCUT2D eigenvalue weighted by atomic mass is 16.7. The average molecular weight is 500 g/mol. The van der Waals surface area contributed by atoms with E-state index in [-0.39, 0.29) is 25.0 Å². The van der Waals surface area contributed by atoms with Crippen molar-refractivity contribution in [2.45, 2.75) is 66.6 Å². The van der Waals surface area contributed by atoms with Gasteiger partial charge in [0.1, 0.15) is 0 Å². The maximum absolute atomic E-state index is 6.24. The summed E-state index contributed by atoms with van der Waals surface area (Å²) in [5, 5.41) is 0. The molecule has 38 heavy (non-hydrogen) atoms. The molecule has 1 fully saturated rings. The van der Waals surface area contributed by atoms with Gasteiger partial charge in [-0.2, -0.15) is 0 Å². The first-order valence-electron chi connectivity index (χ1n) is 13.7. The van der Waals surface area contributed by atoms with E-state index in [2.05, 4.69) is 140 Å². The zero-order valence-corrected chi connectivity index (χ0v) is 24.1. The monoisotopic (exact) mass is 500 g/mol. The summed E-state index contributed by atoms with van der Waals surface area (Å²) in [5.74, 6) is 0. The molecule has 192 valence electrons. The van der Waals surface area contributed by atoms with E-state index < -0.39 is 0 Å². The van der Waals surface area contributed by atoms with Crippen molar-refractivity contribution in [2.24, 2.45) is 0 Å². The maximum atomic E-state index is 6.24. The van der Waals surface area contributed by atoms with Crippen LogP contribution in [0.25, 0.3) is 11.1 Å². The van der Waals surface area contributed by atoms with Crippen LogP contribution in [-0.2, 0) is 9.31 Å². The Hall–Kier alpha value is -3.07. The molecule has 1 aliphatic rings. The molecular formula is C34H38B2O2. The Morgan fingerprint density at radius 2 is 0.895 bits per heavy atom. The minimum atomic E-state index is -0.341. The van der Waals surface area contributed by atoms with Crippen LogP contribution in [0.3, 0.4) is 0 Å². The van der Waals surface area contributed by atoms with Crippen LogP contribution < -0.4 is 21.9 Å². The van der Waals surface area contributed by atoms with E-state index in [1.807, 2.05) is 0 Å². The van der Waals surface area contributed by atoms with Gasteiger partial charge in [-0.05, 0) is 72.0 Å². The Bertz CT molecular complexity index is 1350. The summed E-state index contributed by atoms with van der Waals surface area (Å²) in [4.78, 5) is 0. The fourth-order valence-electron chi connectivity index (χ4n) is 5.72. The molecule has 0 aliphatic carbocycles. The standard InChI is InChI=1S/C34H38B2O2/c1-23-11-9-12-24(2)31(23)35(32-25(3)13-10-14-26(32)4)29-19-15-27(16-20-29)28-17-21-30(22-18-28)36-37-33(5,6)34(7,8)38-36/h9-22H,1-8H3. The van der Waals surface area contributed by atoms with Crippen molar-refractivity contribution in [3.05, 3.63) is 107 Å². The lowest BCUT2D eigenvalue weighted by molar-refractivity contribution is 0.00578. The van der Waals surface area contributed by atoms with Crippen LogP contribution in [0.1, 0.15) is 49.9 Å². The van der Waals surface area contributed by atoms with E-state index in [0.717, 1.165) is 5.46 Å². The van der Waals surface area contributed by atoms with Crippen LogP contribution >= 0.6 is 0 Å².